The average molecular weight is 513 g/mol. The molecule has 194 valence electrons. The van der Waals surface area contributed by atoms with E-state index in [1.165, 1.54) is 6.20 Å². The SMILES string of the molecule is Cc1cn([C@@H]2O[C@H](COC(c3ccccc3)(c3ccccc3)c3ccccc3)C(C=O)[C@H]2O)c(=O)[nH]c1=O. The van der Waals surface area contributed by atoms with Gasteiger partial charge in [0.15, 0.2) is 6.23 Å². The van der Waals surface area contributed by atoms with E-state index in [1.807, 2.05) is 91.0 Å². The van der Waals surface area contributed by atoms with Gasteiger partial charge in [0.25, 0.3) is 5.56 Å². The molecular weight excluding hydrogens is 484 g/mol. The van der Waals surface area contributed by atoms with Crippen molar-refractivity contribution in [2.24, 2.45) is 5.92 Å². The summed E-state index contributed by atoms with van der Waals surface area (Å²) in [6, 6.07) is 29.3. The fourth-order valence-electron chi connectivity index (χ4n) is 5.06. The van der Waals surface area contributed by atoms with Gasteiger partial charge < -0.3 is 19.4 Å². The Morgan fingerprint density at radius 3 is 1.89 bits per heavy atom. The van der Waals surface area contributed by atoms with Gasteiger partial charge in [-0.25, -0.2) is 4.79 Å². The highest BCUT2D eigenvalue weighted by atomic mass is 16.6. The number of ether oxygens (including phenoxy) is 2. The molecule has 0 saturated carbocycles. The maximum absolute atomic E-state index is 12.5. The molecule has 4 atom stereocenters. The number of hydrogen-bond acceptors (Lipinski definition) is 6. The van der Waals surface area contributed by atoms with Crippen LogP contribution in [0.25, 0.3) is 0 Å². The minimum Gasteiger partial charge on any atom is -0.388 e. The molecule has 0 radical (unpaired) electrons. The van der Waals surface area contributed by atoms with Crippen LogP contribution >= 0.6 is 0 Å². The first-order valence-corrected chi connectivity index (χ1v) is 12.4. The van der Waals surface area contributed by atoms with E-state index < -0.39 is 41.2 Å². The molecule has 8 heteroatoms. The summed E-state index contributed by atoms with van der Waals surface area (Å²) in [6.45, 7) is 1.48. The first-order valence-electron chi connectivity index (χ1n) is 12.4. The van der Waals surface area contributed by atoms with Crippen LogP contribution in [0.15, 0.2) is 107 Å². The Morgan fingerprint density at radius 2 is 1.42 bits per heavy atom. The maximum Gasteiger partial charge on any atom is 0.330 e. The normalized spacial score (nSPS) is 21.3. The molecule has 1 aliphatic heterocycles. The summed E-state index contributed by atoms with van der Waals surface area (Å²) in [5, 5.41) is 11.0. The zero-order valence-corrected chi connectivity index (χ0v) is 20.8. The van der Waals surface area contributed by atoms with Crippen molar-refractivity contribution < 1.29 is 19.4 Å². The third-order valence-corrected chi connectivity index (χ3v) is 7.01. The molecule has 1 saturated heterocycles. The van der Waals surface area contributed by atoms with Crippen LogP contribution in [0.3, 0.4) is 0 Å². The molecule has 1 unspecified atom stereocenters. The standard InChI is InChI=1S/C30H28N2O6/c1-20-17-32(29(36)31-27(20)35)28-26(34)24(18-33)25(38-28)19-37-30(21-11-5-2-6-12-21,22-13-7-3-8-14-22)23-15-9-4-10-16-23/h2-18,24-26,28,34H,19H2,1H3,(H,31,35,36)/t24?,25-,26-,28-/m1/s1. The molecule has 0 spiro atoms. The van der Waals surface area contributed by atoms with Crippen molar-refractivity contribution in [3.05, 3.63) is 140 Å². The van der Waals surface area contributed by atoms with Gasteiger partial charge in [-0.1, -0.05) is 91.0 Å². The predicted molar refractivity (Wildman–Crippen MR) is 141 cm³/mol. The Labute approximate surface area is 219 Å². The van der Waals surface area contributed by atoms with Crippen molar-refractivity contribution in [3.8, 4) is 0 Å². The van der Waals surface area contributed by atoms with Crippen molar-refractivity contribution >= 4 is 6.29 Å². The zero-order chi connectivity index (χ0) is 26.7. The highest BCUT2D eigenvalue weighted by molar-refractivity contribution is 5.56. The zero-order valence-electron chi connectivity index (χ0n) is 20.8. The quantitative estimate of drug-likeness (QED) is 0.278. The first kappa shape index (κ1) is 25.5. The summed E-state index contributed by atoms with van der Waals surface area (Å²) >= 11 is 0. The summed E-state index contributed by atoms with van der Waals surface area (Å²) < 4.78 is 14.0. The van der Waals surface area contributed by atoms with Gasteiger partial charge >= 0.3 is 5.69 Å². The Kier molecular flexibility index (Phi) is 7.20. The summed E-state index contributed by atoms with van der Waals surface area (Å²) in [6.07, 6.45) is -1.40. The highest BCUT2D eigenvalue weighted by Gasteiger charge is 2.47. The van der Waals surface area contributed by atoms with Crippen LogP contribution in [-0.4, -0.2) is 39.8 Å². The number of benzene rings is 3. The Hall–Kier alpha value is -4.11. The minimum absolute atomic E-state index is 0.0628. The Balaban J connectivity index is 1.55. The van der Waals surface area contributed by atoms with Gasteiger partial charge in [0, 0.05) is 11.8 Å². The van der Waals surface area contributed by atoms with E-state index in [1.54, 1.807) is 6.92 Å². The van der Waals surface area contributed by atoms with Crippen LogP contribution in [0.5, 0.6) is 0 Å². The molecule has 4 aromatic rings. The van der Waals surface area contributed by atoms with Crippen LogP contribution in [0.1, 0.15) is 28.5 Å². The average Bonchev–Trinajstić information content (AvgIpc) is 3.27. The molecule has 2 N–H and O–H groups in total. The molecule has 0 amide bonds. The molecular formula is C30H28N2O6. The lowest BCUT2D eigenvalue weighted by atomic mass is 9.80. The fourth-order valence-corrected chi connectivity index (χ4v) is 5.06. The first-order chi connectivity index (χ1) is 18.5. The third-order valence-electron chi connectivity index (χ3n) is 7.01. The van der Waals surface area contributed by atoms with Crippen LogP contribution in [-0.2, 0) is 19.9 Å². The largest absolute Gasteiger partial charge is 0.388 e. The van der Waals surface area contributed by atoms with Crippen molar-refractivity contribution in [1.82, 2.24) is 9.55 Å². The van der Waals surface area contributed by atoms with Crippen molar-refractivity contribution in [2.45, 2.75) is 31.0 Å². The number of rotatable bonds is 8. The van der Waals surface area contributed by atoms with Gasteiger partial charge in [-0.2, -0.15) is 0 Å². The lowest BCUT2D eigenvalue weighted by Gasteiger charge is -2.37. The molecule has 0 aliphatic carbocycles. The molecule has 2 heterocycles. The number of aldehydes is 1. The van der Waals surface area contributed by atoms with E-state index >= 15 is 0 Å². The number of aliphatic hydroxyl groups excluding tert-OH is 1. The summed E-state index contributed by atoms with van der Waals surface area (Å²) in [5.41, 5.74) is 0.605. The molecule has 1 fully saturated rings. The van der Waals surface area contributed by atoms with Crippen molar-refractivity contribution in [3.63, 3.8) is 0 Å². The van der Waals surface area contributed by atoms with E-state index in [-0.39, 0.29) is 12.2 Å². The van der Waals surface area contributed by atoms with Crippen LogP contribution in [0.2, 0.25) is 0 Å². The number of aliphatic hydroxyl groups is 1. The van der Waals surface area contributed by atoms with Gasteiger partial charge in [-0.05, 0) is 23.6 Å². The monoisotopic (exact) mass is 512 g/mol. The number of nitrogens with one attached hydrogen (secondary N) is 1. The van der Waals surface area contributed by atoms with Gasteiger partial charge in [-0.15, -0.1) is 0 Å². The molecule has 0 bridgehead atoms. The van der Waals surface area contributed by atoms with E-state index in [0.29, 0.717) is 6.29 Å². The van der Waals surface area contributed by atoms with Crippen LogP contribution in [0, 0.1) is 12.8 Å². The topological polar surface area (TPSA) is 111 Å². The second-order valence-corrected chi connectivity index (χ2v) is 9.34. The third kappa shape index (κ3) is 4.54. The predicted octanol–water partition coefficient (Wildman–Crippen LogP) is 2.93. The second-order valence-electron chi connectivity index (χ2n) is 9.34. The summed E-state index contributed by atoms with van der Waals surface area (Å²) in [7, 11) is 0. The van der Waals surface area contributed by atoms with Gasteiger partial charge in [0.05, 0.1) is 18.6 Å². The number of H-pyrrole nitrogens is 1. The van der Waals surface area contributed by atoms with E-state index in [9.17, 15) is 19.5 Å². The number of carbonyl (C=O) groups excluding carboxylic acids is 1. The van der Waals surface area contributed by atoms with Crippen molar-refractivity contribution in [2.75, 3.05) is 6.61 Å². The fraction of sp³-hybridized carbons (Fsp3) is 0.233. The smallest absolute Gasteiger partial charge is 0.330 e. The lowest BCUT2D eigenvalue weighted by Crippen LogP contribution is -2.38. The molecule has 1 aromatic heterocycles. The number of aromatic nitrogens is 2. The lowest BCUT2D eigenvalue weighted by molar-refractivity contribution is -0.117. The molecule has 38 heavy (non-hydrogen) atoms. The Bertz CT molecular complexity index is 1400. The number of aryl methyl sites for hydroxylation is 1. The van der Waals surface area contributed by atoms with Gasteiger partial charge in [0.2, 0.25) is 0 Å². The maximum atomic E-state index is 12.5. The summed E-state index contributed by atoms with van der Waals surface area (Å²) in [5.74, 6) is -0.959. The van der Waals surface area contributed by atoms with Gasteiger partial charge in [-0.3, -0.25) is 14.3 Å². The molecule has 3 aromatic carbocycles. The van der Waals surface area contributed by atoms with E-state index in [2.05, 4.69) is 4.98 Å². The molecule has 1 aliphatic rings. The number of hydrogen-bond donors (Lipinski definition) is 2. The van der Waals surface area contributed by atoms with Crippen molar-refractivity contribution in [1.29, 1.82) is 0 Å². The van der Waals surface area contributed by atoms with E-state index in [0.717, 1.165) is 21.3 Å². The number of carbonyl (C=O) groups is 1. The van der Waals surface area contributed by atoms with Crippen LogP contribution in [0.4, 0.5) is 0 Å². The Morgan fingerprint density at radius 1 is 0.921 bits per heavy atom. The van der Waals surface area contributed by atoms with Gasteiger partial charge in [0.1, 0.15) is 18.0 Å². The van der Waals surface area contributed by atoms with E-state index in [4.69, 9.17) is 9.47 Å². The molecule has 8 nitrogen and oxygen atoms in total. The minimum atomic E-state index is -1.32. The summed E-state index contributed by atoms with van der Waals surface area (Å²) in [4.78, 5) is 38.7. The molecule has 5 rings (SSSR count). The highest BCUT2D eigenvalue weighted by Crippen LogP contribution is 2.42. The van der Waals surface area contributed by atoms with Crippen LogP contribution < -0.4 is 11.2 Å². The number of aromatic amines is 1. The second kappa shape index (κ2) is 10.7. The number of nitrogens with zero attached hydrogens (tertiary/aromatic N) is 1.